The van der Waals surface area contributed by atoms with Gasteiger partial charge in [0.15, 0.2) is 11.5 Å². The van der Waals surface area contributed by atoms with Gasteiger partial charge in [0.2, 0.25) is 0 Å². The summed E-state index contributed by atoms with van der Waals surface area (Å²) >= 11 is 0. The molecular weight excluding hydrogens is 182 g/mol. The van der Waals surface area contributed by atoms with Gasteiger partial charge in [-0.3, -0.25) is 4.79 Å². The Labute approximate surface area is 82.2 Å². The van der Waals surface area contributed by atoms with Crippen molar-refractivity contribution in [2.24, 2.45) is 0 Å². The van der Waals surface area contributed by atoms with Crippen molar-refractivity contribution < 1.29 is 13.9 Å². The standard InChI is InChI=1S/C10H13NO3/c12-9(10-2-1-4-14-10)6-8-7-13-5-3-11-8/h1-2,4,8,11H,3,5-7H2. The van der Waals surface area contributed by atoms with E-state index in [0.717, 1.165) is 13.2 Å². The van der Waals surface area contributed by atoms with E-state index in [4.69, 9.17) is 9.15 Å². The highest BCUT2D eigenvalue weighted by Gasteiger charge is 2.18. The Balaban J connectivity index is 1.87. The Morgan fingerprint density at radius 2 is 2.57 bits per heavy atom. The molecule has 0 aliphatic carbocycles. The fourth-order valence-corrected chi connectivity index (χ4v) is 1.51. The van der Waals surface area contributed by atoms with Gasteiger partial charge in [0.25, 0.3) is 0 Å². The summed E-state index contributed by atoms with van der Waals surface area (Å²) in [6, 6.07) is 3.53. The molecule has 2 heterocycles. The molecule has 76 valence electrons. The summed E-state index contributed by atoms with van der Waals surface area (Å²) in [5.74, 6) is 0.454. The molecule has 1 N–H and O–H groups in total. The monoisotopic (exact) mass is 195 g/mol. The number of morpholine rings is 1. The minimum absolute atomic E-state index is 0.0259. The van der Waals surface area contributed by atoms with Crippen LogP contribution < -0.4 is 5.32 Å². The number of ketones is 1. The van der Waals surface area contributed by atoms with Gasteiger partial charge in [0, 0.05) is 19.0 Å². The number of furan rings is 1. The van der Waals surface area contributed by atoms with Gasteiger partial charge >= 0.3 is 0 Å². The van der Waals surface area contributed by atoms with E-state index in [1.807, 2.05) is 0 Å². The third-order valence-electron chi connectivity index (χ3n) is 2.23. The number of carbonyl (C=O) groups is 1. The number of hydrogen-bond donors (Lipinski definition) is 1. The van der Waals surface area contributed by atoms with E-state index in [0.29, 0.717) is 18.8 Å². The minimum Gasteiger partial charge on any atom is -0.461 e. The van der Waals surface area contributed by atoms with Gasteiger partial charge in [-0.1, -0.05) is 0 Å². The Bertz CT molecular complexity index is 288. The van der Waals surface area contributed by atoms with Crippen molar-refractivity contribution in [3.63, 3.8) is 0 Å². The predicted molar refractivity (Wildman–Crippen MR) is 50.3 cm³/mol. The normalized spacial score (nSPS) is 22.1. The van der Waals surface area contributed by atoms with E-state index in [1.54, 1.807) is 12.1 Å². The number of rotatable bonds is 3. The molecule has 1 unspecified atom stereocenters. The molecule has 0 bridgehead atoms. The van der Waals surface area contributed by atoms with Gasteiger partial charge in [-0.15, -0.1) is 0 Å². The first-order chi connectivity index (χ1) is 6.86. The molecule has 1 fully saturated rings. The molecule has 1 atom stereocenters. The van der Waals surface area contributed by atoms with E-state index < -0.39 is 0 Å². The lowest BCUT2D eigenvalue weighted by Crippen LogP contribution is -2.42. The van der Waals surface area contributed by atoms with E-state index in [2.05, 4.69) is 5.32 Å². The Morgan fingerprint density at radius 3 is 3.21 bits per heavy atom. The number of ether oxygens (including phenoxy) is 1. The number of Topliss-reactive ketones (excluding diaryl/α,β-unsaturated/α-hetero) is 1. The van der Waals surface area contributed by atoms with Crippen molar-refractivity contribution in [2.45, 2.75) is 12.5 Å². The number of carbonyl (C=O) groups excluding carboxylic acids is 1. The summed E-state index contributed by atoms with van der Waals surface area (Å²) in [4.78, 5) is 11.6. The third-order valence-corrected chi connectivity index (χ3v) is 2.23. The lowest BCUT2D eigenvalue weighted by atomic mass is 10.1. The van der Waals surface area contributed by atoms with Crippen LogP contribution >= 0.6 is 0 Å². The van der Waals surface area contributed by atoms with Crippen molar-refractivity contribution in [3.05, 3.63) is 24.2 Å². The quantitative estimate of drug-likeness (QED) is 0.726. The topological polar surface area (TPSA) is 51.5 Å². The first-order valence-electron chi connectivity index (χ1n) is 4.74. The van der Waals surface area contributed by atoms with Crippen LogP contribution in [0.15, 0.2) is 22.8 Å². The Hall–Kier alpha value is -1.13. The zero-order chi connectivity index (χ0) is 9.80. The molecule has 14 heavy (non-hydrogen) atoms. The van der Waals surface area contributed by atoms with Gasteiger partial charge in [0.1, 0.15) is 0 Å². The molecule has 0 radical (unpaired) electrons. The highest BCUT2D eigenvalue weighted by molar-refractivity contribution is 5.93. The van der Waals surface area contributed by atoms with Crippen molar-refractivity contribution in [3.8, 4) is 0 Å². The van der Waals surface area contributed by atoms with E-state index in [1.165, 1.54) is 6.26 Å². The first-order valence-corrected chi connectivity index (χ1v) is 4.74. The maximum Gasteiger partial charge on any atom is 0.199 e. The van der Waals surface area contributed by atoms with E-state index >= 15 is 0 Å². The highest BCUT2D eigenvalue weighted by Crippen LogP contribution is 2.07. The summed E-state index contributed by atoms with van der Waals surface area (Å²) in [6.07, 6.45) is 1.95. The van der Waals surface area contributed by atoms with Crippen molar-refractivity contribution in [2.75, 3.05) is 19.8 Å². The minimum atomic E-state index is 0.0259. The van der Waals surface area contributed by atoms with Gasteiger partial charge < -0.3 is 14.5 Å². The molecule has 1 aliphatic heterocycles. The first kappa shape index (κ1) is 9.43. The smallest absolute Gasteiger partial charge is 0.199 e. The third kappa shape index (κ3) is 2.21. The van der Waals surface area contributed by atoms with Gasteiger partial charge in [0.05, 0.1) is 19.5 Å². The molecule has 0 spiro atoms. The summed E-state index contributed by atoms with van der Waals surface area (Å²) in [5, 5.41) is 3.22. The van der Waals surface area contributed by atoms with Crippen LogP contribution in [0, 0.1) is 0 Å². The summed E-state index contributed by atoms with van der Waals surface area (Å²) < 4.78 is 10.3. The van der Waals surface area contributed by atoms with Crippen LogP contribution in [-0.4, -0.2) is 31.6 Å². The molecule has 4 heteroatoms. The highest BCUT2D eigenvalue weighted by atomic mass is 16.5. The van der Waals surface area contributed by atoms with Crippen molar-refractivity contribution in [1.29, 1.82) is 0 Å². The van der Waals surface area contributed by atoms with Gasteiger partial charge in [-0.2, -0.15) is 0 Å². The fourth-order valence-electron chi connectivity index (χ4n) is 1.51. The van der Waals surface area contributed by atoms with E-state index in [9.17, 15) is 4.79 Å². The average Bonchev–Trinajstić information content (AvgIpc) is 2.72. The zero-order valence-corrected chi connectivity index (χ0v) is 7.86. The summed E-state index contributed by atoms with van der Waals surface area (Å²) in [6.45, 7) is 2.15. The molecule has 1 aliphatic rings. The number of nitrogens with one attached hydrogen (secondary N) is 1. The summed E-state index contributed by atoms with van der Waals surface area (Å²) in [7, 11) is 0. The molecule has 0 amide bonds. The maximum absolute atomic E-state index is 11.6. The lowest BCUT2D eigenvalue weighted by Gasteiger charge is -2.22. The second kappa shape index (κ2) is 4.39. The molecule has 0 aromatic carbocycles. The van der Waals surface area contributed by atoms with E-state index in [-0.39, 0.29) is 11.8 Å². The molecule has 1 saturated heterocycles. The molecular formula is C10H13NO3. The Kier molecular flexibility index (Phi) is 2.96. The molecule has 4 nitrogen and oxygen atoms in total. The molecule has 1 aromatic heterocycles. The molecule has 1 aromatic rings. The van der Waals surface area contributed by atoms with Crippen LogP contribution in [0.5, 0.6) is 0 Å². The second-order valence-corrected chi connectivity index (χ2v) is 3.33. The van der Waals surface area contributed by atoms with Crippen molar-refractivity contribution >= 4 is 5.78 Å². The fraction of sp³-hybridized carbons (Fsp3) is 0.500. The average molecular weight is 195 g/mol. The summed E-state index contributed by atoms with van der Waals surface area (Å²) in [5.41, 5.74) is 0. The number of hydrogen-bond acceptors (Lipinski definition) is 4. The largest absolute Gasteiger partial charge is 0.461 e. The van der Waals surface area contributed by atoms with Crippen LogP contribution in [0.2, 0.25) is 0 Å². The van der Waals surface area contributed by atoms with Crippen LogP contribution in [0.3, 0.4) is 0 Å². The predicted octanol–water partition coefficient (Wildman–Crippen LogP) is 0.841. The molecule has 0 saturated carbocycles. The molecule has 2 rings (SSSR count). The van der Waals surface area contributed by atoms with Crippen LogP contribution in [0.4, 0.5) is 0 Å². The lowest BCUT2D eigenvalue weighted by molar-refractivity contribution is 0.0665. The van der Waals surface area contributed by atoms with Crippen LogP contribution in [-0.2, 0) is 4.74 Å². The zero-order valence-electron chi connectivity index (χ0n) is 7.86. The van der Waals surface area contributed by atoms with Gasteiger partial charge in [-0.25, -0.2) is 0 Å². The van der Waals surface area contributed by atoms with Crippen LogP contribution in [0.25, 0.3) is 0 Å². The SMILES string of the molecule is O=C(CC1COCCN1)c1ccco1. The maximum atomic E-state index is 11.6. The second-order valence-electron chi connectivity index (χ2n) is 3.33. The van der Waals surface area contributed by atoms with Crippen LogP contribution in [0.1, 0.15) is 17.0 Å². The Morgan fingerprint density at radius 1 is 1.64 bits per heavy atom. The van der Waals surface area contributed by atoms with Crippen molar-refractivity contribution in [1.82, 2.24) is 5.32 Å². The van der Waals surface area contributed by atoms with Gasteiger partial charge in [-0.05, 0) is 12.1 Å².